The van der Waals surface area contributed by atoms with Crippen LogP contribution < -0.4 is 10.6 Å². The molecule has 0 aromatic heterocycles. The number of carbonyl (C=O) groups excluding carboxylic acids is 3. The Morgan fingerprint density at radius 3 is 2.21 bits per heavy atom. The minimum Gasteiger partial charge on any atom is -0.508 e. The number of anilines is 1. The summed E-state index contributed by atoms with van der Waals surface area (Å²) in [5.74, 6) is -0.664. The number of unbranched alkanes of at least 4 members (excludes halogenated alkanes) is 3. The number of hydrogen-bond acceptors (Lipinski definition) is 5. The van der Waals surface area contributed by atoms with E-state index in [1.54, 1.807) is 39.8 Å². The van der Waals surface area contributed by atoms with Crippen molar-refractivity contribution in [2.45, 2.75) is 85.8 Å². The van der Waals surface area contributed by atoms with Gasteiger partial charge in [-0.1, -0.05) is 50.5 Å². The van der Waals surface area contributed by atoms with Gasteiger partial charge in [-0.3, -0.25) is 9.59 Å². The third-order valence-corrected chi connectivity index (χ3v) is 6.18. The SMILES string of the molecule is CCCCCCN(C(=O)CNC(=O)OC(C)(C)C)C(C(=O)Nc1c(C)cccc1C)c1ccc(O)c(C)c1. The highest BCUT2D eigenvalue weighted by Gasteiger charge is 2.32. The molecule has 0 radical (unpaired) electrons. The minimum absolute atomic E-state index is 0.107. The molecule has 2 aromatic rings. The summed E-state index contributed by atoms with van der Waals surface area (Å²) >= 11 is 0. The summed E-state index contributed by atoms with van der Waals surface area (Å²) in [7, 11) is 0. The lowest BCUT2D eigenvalue weighted by atomic mass is 9.99. The van der Waals surface area contributed by atoms with E-state index in [1.807, 2.05) is 32.0 Å². The Balaban J connectivity index is 2.45. The van der Waals surface area contributed by atoms with Gasteiger partial charge in [-0.25, -0.2) is 4.79 Å². The second kappa shape index (κ2) is 13.8. The van der Waals surface area contributed by atoms with Crippen molar-refractivity contribution in [1.29, 1.82) is 0 Å². The monoisotopic (exact) mass is 525 g/mol. The molecule has 0 saturated carbocycles. The Bertz CT molecular complexity index is 1100. The molecule has 8 nitrogen and oxygen atoms in total. The fourth-order valence-electron chi connectivity index (χ4n) is 4.20. The number of nitrogens with zero attached hydrogens (tertiary/aromatic N) is 1. The van der Waals surface area contributed by atoms with Crippen LogP contribution in [0.25, 0.3) is 0 Å². The van der Waals surface area contributed by atoms with Crippen molar-refractivity contribution >= 4 is 23.6 Å². The number of alkyl carbamates (subject to hydrolysis) is 1. The van der Waals surface area contributed by atoms with Crippen LogP contribution in [0, 0.1) is 20.8 Å². The number of ether oxygens (including phenoxy) is 1. The molecular weight excluding hydrogens is 482 g/mol. The lowest BCUT2D eigenvalue weighted by Crippen LogP contribution is -2.47. The first-order valence-corrected chi connectivity index (χ1v) is 13.3. The average molecular weight is 526 g/mol. The second-order valence-electron chi connectivity index (χ2n) is 10.7. The van der Waals surface area contributed by atoms with E-state index in [2.05, 4.69) is 17.6 Å². The molecule has 2 aromatic carbocycles. The quantitative estimate of drug-likeness (QED) is 0.315. The predicted molar refractivity (Wildman–Crippen MR) is 150 cm³/mol. The van der Waals surface area contributed by atoms with Gasteiger partial charge < -0.3 is 25.4 Å². The van der Waals surface area contributed by atoms with Gasteiger partial charge in [0.25, 0.3) is 5.91 Å². The smallest absolute Gasteiger partial charge is 0.408 e. The highest BCUT2D eigenvalue weighted by atomic mass is 16.6. The first kappa shape index (κ1) is 30.7. The molecule has 0 heterocycles. The zero-order valence-electron chi connectivity index (χ0n) is 23.8. The van der Waals surface area contributed by atoms with Gasteiger partial charge in [-0.15, -0.1) is 0 Å². The van der Waals surface area contributed by atoms with Crippen LogP contribution >= 0.6 is 0 Å². The zero-order chi connectivity index (χ0) is 28.5. The van der Waals surface area contributed by atoms with Crippen molar-refractivity contribution in [3.05, 3.63) is 58.7 Å². The number of para-hydroxylation sites is 1. The van der Waals surface area contributed by atoms with E-state index >= 15 is 0 Å². The molecule has 0 aliphatic rings. The summed E-state index contributed by atoms with van der Waals surface area (Å²) in [5, 5.41) is 15.7. The molecule has 1 unspecified atom stereocenters. The molecule has 0 spiro atoms. The fraction of sp³-hybridized carbons (Fsp3) is 0.500. The first-order valence-electron chi connectivity index (χ1n) is 13.3. The van der Waals surface area contributed by atoms with Crippen LogP contribution in [0.15, 0.2) is 36.4 Å². The second-order valence-corrected chi connectivity index (χ2v) is 10.7. The number of phenolic OH excluding ortho intramolecular Hbond substituents is 1. The molecule has 3 N–H and O–H groups in total. The van der Waals surface area contributed by atoms with E-state index in [4.69, 9.17) is 4.74 Å². The molecule has 8 heteroatoms. The van der Waals surface area contributed by atoms with E-state index < -0.39 is 23.6 Å². The van der Waals surface area contributed by atoms with Crippen molar-refractivity contribution in [3.8, 4) is 5.75 Å². The first-order chi connectivity index (χ1) is 17.8. The fourth-order valence-corrected chi connectivity index (χ4v) is 4.20. The third kappa shape index (κ3) is 9.08. The standard InChI is InChI=1S/C30H43N3O5/c1-8-9-10-11-17-33(25(35)19-31-29(37)38-30(5,6)7)27(23-15-16-24(34)22(4)18-23)28(36)32-26-20(2)13-12-14-21(26)3/h12-16,18,27,34H,8-11,17,19H2,1-7H3,(H,31,37)(H,32,36). The molecule has 0 bridgehead atoms. The van der Waals surface area contributed by atoms with E-state index in [9.17, 15) is 19.5 Å². The Morgan fingerprint density at radius 2 is 1.63 bits per heavy atom. The normalized spacial score (nSPS) is 12.0. The zero-order valence-corrected chi connectivity index (χ0v) is 23.8. The number of hydrogen-bond donors (Lipinski definition) is 3. The highest BCUT2D eigenvalue weighted by molar-refractivity contribution is 5.99. The number of phenols is 1. The van der Waals surface area contributed by atoms with Crippen molar-refractivity contribution in [2.75, 3.05) is 18.4 Å². The molecule has 0 aliphatic carbocycles. The number of rotatable bonds is 11. The lowest BCUT2D eigenvalue weighted by molar-refractivity contribution is -0.138. The minimum atomic E-state index is -0.970. The summed E-state index contributed by atoms with van der Waals surface area (Å²) in [5.41, 5.74) is 2.98. The van der Waals surface area contributed by atoms with Gasteiger partial charge in [0.05, 0.1) is 0 Å². The summed E-state index contributed by atoms with van der Waals surface area (Å²) in [6.45, 7) is 12.9. The maximum atomic E-state index is 13.9. The number of aryl methyl sites for hydroxylation is 3. The maximum absolute atomic E-state index is 13.9. The van der Waals surface area contributed by atoms with Gasteiger partial charge in [0.1, 0.15) is 23.9 Å². The van der Waals surface area contributed by atoms with Crippen LogP contribution in [0.5, 0.6) is 5.75 Å². The van der Waals surface area contributed by atoms with Crippen molar-refractivity contribution in [2.24, 2.45) is 0 Å². The van der Waals surface area contributed by atoms with Gasteiger partial charge in [0.2, 0.25) is 5.91 Å². The van der Waals surface area contributed by atoms with E-state index in [0.29, 0.717) is 29.8 Å². The Hall–Kier alpha value is -3.55. The summed E-state index contributed by atoms with van der Waals surface area (Å²) < 4.78 is 5.28. The lowest BCUT2D eigenvalue weighted by Gasteiger charge is -2.32. The van der Waals surface area contributed by atoms with Gasteiger partial charge >= 0.3 is 6.09 Å². The van der Waals surface area contributed by atoms with E-state index in [1.165, 1.54) is 11.0 Å². The van der Waals surface area contributed by atoms with Gasteiger partial charge in [0.15, 0.2) is 0 Å². The Labute approximate surface area is 226 Å². The summed E-state index contributed by atoms with van der Waals surface area (Å²) in [6.07, 6.45) is 2.95. The number of benzene rings is 2. The molecule has 0 saturated heterocycles. The molecule has 38 heavy (non-hydrogen) atoms. The molecule has 2 rings (SSSR count). The van der Waals surface area contributed by atoms with Crippen molar-refractivity contribution in [3.63, 3.8) is 0 Å². The van der Waals surface area contributed by atoms with Crippen molar-refractivity contribution in [1.82, 2.24) is 10.2 Å². The number of aromatic hydroxyl groups is 1. The van der Waals surface area contributed by atoms with Crippen LogP contribution in [0.3, 0.4) is 0 Å². The molecular formula is C30H43N3O5. The highest BCUT2D eigenvalue weighted by Crippen LogP contribution is 2.29. The van der Waals surface area contributed by atoms with Crippen LogP contribution in [0.2, 0.25) is 0 Å². The number of nitrogens with one attached hydrogen (secondary N) is 2. The largest absolute Gasteiger partial charge is 0.508 e. The molecule has 0 aliphatic heterocycles. The topological polar surface area (TPSA) is 108 Å². The van der Waals surface area contributed by atoms with Crippen LogP contribution in [-0.4, -0.2) is 46.6 Å². The van der Waals surface area contributed by atoms with Crippen LogP contribution in [0.1, 0.15) is 81.7 Å². The third-order valence-electron chi connectivity index (χ3n) is 6.18. The van der Waals surface area contributed by atoms with Gasteiger partial charge in [-0.2, -0.15) is 0 Å². The van der Waals surface area contributed by atoms with Crippen LogP contribution in [0.4, 0.5) is 10.5 Å². The summed E-state index contributed by atoms with van der Waals surface area (Å²) in [6, 6.07) is 9.70. The molecule has 0 fully saturated rings. The number of amides is 3. The predicted octanol–water partition coefficient (Wildman–Crippen LogP) is 5.93. The van der Waals surface area contributed by atoms with Gasteiger partial charge in [0, 0.05) is 12.2 Å². The van der Waals surface area contributed by atoms with E-state index in [-0.39, 0.29) is 18.2 Å². The van der Waals surface area contributed by atoms with Crippen LogP contribution in [-0.2, 0) is 14.3 Å². The maximum Gasteiger partial charge on any atom is 0.408 e. The summed E-state index contributed by atoms with van der Waals surface area (Å²) in [4.78, 5) is 41.2. The van der Waals surface area contributed by atoms with Crippen molar-refractivity contribution < 1.29 is 24.2 Å². The van der Waals surface area contributed by atoms with Gasteiger partial charge in [-0.05, 0) is 82.3 Å². The molecule has 208 valence electrons. The number of carbonyl (C=O) groups is 3. The molecule has 3 amide bonds. The Kier molecular flexibility index (Phi) is 11.2. The average Bonchev–Trinajstić information content (AvgIpc) is 2.82. The Morgan fingerprint density at radius 1 is 0.974 bits per heavy atom. The van der Waals surface area contributed by atoms with E-state index in [0.717, 1.165) is 30.4 Å². The molecule has 1 atom stereocenters.